The first-order chi connectivity index (χ1) is 10.2. The normalized spacial score (nSPS) is 18.0. The zero-order chi connectivity index (χ0) is 14.8. The maximum atomic E-state index is 3.47. The Kier molecular flexibility index (Phi) is 7.88. The molecule has 1 aromatic heterocycles. The van der Waals surface area contributed by atoms with Crippen molar-refractivity contribution in [2.45, 2.75) is 26.3 Å². The molecule has 0 spiro atoms. The number of piperazine rings is 1. The number of aromatic nitrogens is 1. The van der Waals surface area contributed by atoms with Crippen LogP contribution in [0.25, 0.3) is 10.9 Å². The van der Waals surface area contributed by atoms with Crippen LogP contribution < -0.4 is 5.32 Å². The van der Waals surface area contributed by atoms with Gasteiger partial charge in [0.05, 0.1) is 0 Å². The second-order valence-electron chi connectivity index (χ2n) is 6.33. The number of halogens is 2. The Morgan fingerprint density at radius 1 is 1.13 bits per heavy atom. The van der Waals surface area contributed by atoms with Crippen molar-refractivity contribution in [1.82, 2.24) is 14.8 Å². The van der Waals surface area contributed by atoms with E-state index in [1.807, 2.05) is 0 Å². The Morgan fingerprint density at radius 2 is 1.78 bits per heavy atom. The molecule has 1 fully saturated rings. The minimum Gasteiger partial charge on any atom is -0.350 e. The summed E-state index contributed by atoms with van der Waals surface area (Å²) in [5.74, 6) is 0.675. The maximum Gasteiger partial charge on any atom is 0.0481 e. The van der Waals surface area contributed by atoms with Crippen LogP contribution in [0.3, 0.4) is 0 Å². The third-order valence-corrected chi connectivity index (χ3v) is 4.97. The van der Waals surface area contributed by atoms with Gasteiger partial charge in [-0.25, -0.2) is 0 Å². The largest absolute Gasteiger partial charge is 0.350 e. The number of aryl methyl sites for hydroxylation is 1. The molecule has 0 bridgehead atoms. The summed E-state index contributed by atoms with van der Waals surface area (Å²) in [6.07, 6.45) is 3.57. The van der Waals surface area contributed by atoms with Crippen molar-refractivity contribution in [3.63, 3.8) is 0 Å². The molecular formula is C18H29Cl2N3. The van der Waals surface area contributed by atoms with Crippen LogP contribution >= 0.6 is 24.8 Å². The smallest absolute Gasteiger partial charge is 0.0481 e. The molecule has 3 rings (SSSR count). The summed E-state index contributed by atoms with van der Waals surface area (Å²) in [6, 6.07) is 9.34. The van der Waals surface area contributed by atoms with E-state index in [0.717, 1.165) is 26.2 Å². The van der Waals surface area contributed by atoms with Gasteiger partial charge in [-0.15, -0.1) is 24.8 Å². The van der Waals surface area contributed by atoms with Crippen LogP contribution in [0.15, 0.2) is 30.5 Å². The molecule has 1 aliphatic rings. The van der Waals surface area contributed by atoms with E-state index in [1.54, 1.807) is 0 Å². The lowest BCUT2D eigenvalue weighted by molar-refractivity contribution is 0.129. The first-order valence-electron chi connectivity index (χ1n) is 8.21. The molecule has 0 radical (unpaired) electrons. The fourth-order valence-electron chi connectivity index (χ4n) is 3.66. The standard InChI is InChI=1S/C18H27N3.2ClH/c1-4-14(2)18(21-11-9-19-10-12-21)16-13-20(3)17-8-6-5-7-15(16)17;;/h5-8,13-14,18-19H,4,9-12H2,1-3H3;2*1H/t14?,18-;;/m0../s1. The van der Waals surface area contributed by atoms with Gasteiger partial charge in [-0.2, -0.15) is 0 Å². The van der Waals surface area contributed by atoms with E-state index >= 15 is 0 Å². The van der Waals surface area contributed by atoms with E-state index in [0.29, 0.717) is 12.0 Å². The van der Waals surface area contributed by atoms with Gasteiger partial charge in [0.1, 0.15) is 0 Å². The van der Waals surface area contributed by atoms with E-state index in [-0.39, 0.29) is 24.8 Å². The zero-order valence-corrected chi connectivity index (χ0v) is 15.9. The highest BCUT2D eigenvalue weighted by atomic mass is 35.5. The molecule has 1 unspecified atom stereocenters. The van der Waals surface area contributed by atoms with Crippen molar-refractivity contribution in [2.75, 3.05) is 26.2 Å². The molecule has 0 amide bonds. The first kappa shape index (κ1) is 20.3. The van der Waals surface area contributed by atoms with Crippen molar-refractivity contribution in [2.24, 2.45) is 13.0 Å². The van der Waals surface area contributed by atoms with Gasteiger partial charge in [-0.1, -0.05) is 38.5 Å². The highest BCUT2D eigenvalue weighted by Crippen LogP contribution is 2.36. The fraction of sp³-hybridized carbons (Fsp3) is 0.556. The van der Waals surface area contributed by atoms with Crippen molar-refractivity contribution in [1.29, 1.82) is 0 Å². The first-order valence-corrected chi connectivity index (χ1v) is 8.21. The summed E-state index contributed by atoms with van der Waals surface area (Å²) in [6.45, 7) is 9.23. The Labute approximate surface area is 152 Å². The van der Waals surface area contributed by atoms with E-state index in [4.69, 9.17) is 0 Å². The van der Waals surface area contributed by atoms with Crippen LogP contribution in [0, 0.1) is 5.92 Å². The van der Waals surface area contributed by atoms with Crippen molar-refractivity contribution >= 4 is 35.7 Å². The third-order valence-electron chi connectivity index (χ3n) is 4.97. The summed E-state index contributed by atoms with van der Waals surface area (Å²) in [4.78, 5) is 2.67. The summed E-state index contributed by atoms with van der Waals surface area (Å²) < 4.78 is 2.28. The number of nitrogens with zero attached hydrogens (tertiary/aromatic N) is 2. The molecule has 1 saturated heterocycles. The fourth-order valence-corrected chi connectivity index (χ4v) is 3.66. The number of hydrogen-bond acceptors (Lipinski definition) is 2. The third kappa shape index (κ3) is 4.03. The Balaban J connectivity index is 0.00000132. The Morgan fingerprint density at radius 3 is 2.43 bits per heavy atom. The van der Waals surface area contributed by atoms with Gasteiger partial charge in [0.2, 0.25) is 0 Å². The monoisotopic (exact) mass is 357 g/mol. The van der Waals surface area contributed by atoms with Crippen LogP contribution in [0.2, 0.25) is 0 Å². The predicted octanol–water partition coefficient (Wildman–Crippen LogP) is 4.01. The van der Waals surface area contributed by atoms with Gasteiger partial charge in [0.15, 0.2) is 0 Å². The van der Waals surface area contributed by atoms with E-state index < -0.39 is 0 Å². The molecule has 1 aromatic carbocycles. The summed E-state index contributed by atoms with van der Waals surface area (Å²) >= 11 is 0. The van der Waals surface area contributed by atoms with Gasteiger partial charge >= 0.3 is 0 Å². The lowest BCUT2D eigenvalue weighted by Crippen LogP contribution is -2.46. The number of nitrogens with one attached hydrogen (secondary N) is 1. The molecule has 130 valence electrons. The number of benzene rings is 1. The SMILES string of the molecule is CCC(C)[C@@H](c1cn(C)c2ccccc12)N1CCNCC1.Cl.Cl. The Bertz CT molecular complexity index is 605. The number of rotatable bonds is 4. The van der Waals surface area contributed by atoms with Gasteiger partial charge in [0.25, 0.3) is 0 Å². The highest BCUT2D eigenvalue weighted by molar-refractivity contribution is 5.86. The van der Waals surface area contributed by atoms with Crippen LogP contribution in [-0.2, 0) is 7.05 Å². The summed E-state index contributed by atoms with van der Waals surface area (Å²) in [5.41, 5.74) is 2.85. The maximum absolute atomic E-state index is 3.47. The molecule has 2 aromatic rings. The van der Waals surface area contributed by atoms with E-state index in [9.17, 15) is 0 Å². The van der Waals surface area contributed by atoms with Crippen LogP contribution in [0.1, 0.15) is 31.9 Å². The molecule has 2 atom stereocenters. The average molecular weight is 358 g/mol. The molecule has 1 N–H and O–H groups in total. The van der Waals surface area contributed by atoms with Crippen molar-refractivity contribution in [3.05, 3.63) is 36.0 Å². The van der Waals surface area contributed by atoms with Crippen LogP contribution in [-0.4, -0.2) is 35.6 Å². The minimum atomic E-state index is 0. The lowest BCUT2D eigenvalue weighted by atomic mass is 9.90. The van der Waals surface area contributed by atoms with Gasteiger partial charge in [-0.3, -0.25) is 4.90 Å². The lowest BCUT2D eigenvalue weighted by Gasteiger charge is -2.38. The van der Waals surface area contributed by atoms with Gasteiger partial charge in [0, 0.05) is 56.4 Å². The molecule has 0 aliphatic carbocycles. The molecule has 1 aliphatic heterocycles. The van der Waals surface area contributed by atoms with Crippen LogP contribution in [0.5, 0.6) is 0 Å². The molecule has 23 heavy (non-hydrogen) atoms. The number of para-hydroxylation sites is 1. The van der Waals surface area contributed by atoms with Crippen molar-refractivity contribution in [3.8, 4) is 0 Å². The number of fused-ring (bicyclic) bond motifs is 1. The second kappa shape index (κ2) is 8.93. The number of hydrogen-bond donors (Lipinski definition) is 1. The van der Waals surface area contributed by atoms with Crippen molar-refractivity contribution < 1.29 is 0 Å². The topological polar surface area (TPSA) is 20.2 Å². The van der Waals surface area contributed by atoms with E-state index in [1.165, 1.54) is 22.9 Å². The van der Waals surface area contributed by atoms with Gasteiger partial charge < -0.3 is 9.88 Å². The molecule has 0 saturated carbocycles. The van der Waals surface area contributed by atoms with Gasteiger partial charge in [-0.05, 0) is 17.5 Å². The average Bonchev–Trinajstić information content (AvgIpc) is 2.86. The predicted molar refractivity (Wildman–Crippen MR) is 104 cm³/mol. The Hall–Kier alpha value is -0.740. The quantitative estimate of drug-likeness (QED) is 0.891. The molecule has 3 nitrogen and oxygen atoms in total. The molecule has 2 heterocycles. The molecule has 5 heteroatoms. The summed E-state index contributed by atoms with van der Waals surface area (Å²) in [7, 11) is 2.16. The minimum absolute atomic E-state index is 0. The second-order valence-corrected chi connectivity index (χ2v) is 6.33. The highest BCUT2D eigenvalue weighted by Gasteiger charge is 2.28. The zero-order valence-electron chi connectivity index (χ0n) is 14.3. The molecular weight excluding hydrogens is 329 g/mol. The summed E-state index contributed by atoms with van der Waals surface area (Å²) in [5, 5.41) is 4.89. The van der Waals surface area contributed by atoms with Crippen LogP contribution in [0.4, 0.5) is 0 Å². The van der Waals surface area contributed by atoms with E-state index in [2.05, 4.69) is 66.1 Å².